The van der Waals surface area contributed by atoms with Crippen molar-refractivity contribution in [3.63, 3.8) is 0 Å². The summed E-state index contributed by atoms with van der Waals surface area (Å²) in [5.74, 6) is -19.7. The second kappa shape index (κ2) is 38.1. The van der Waals surface area contributed by atoms with Crippen LogP contribution in [0.2, 0.25) is 0 Å². The van der Waals surface area contributed by atoms with E-state index in [1.54, 1.807) is 36.6 Å². The number of amides is 11. The van der Waals surface area contributed by atoms with Gasteiger partial charge in [0.05, 0.1) is 25.5 Å². The van der Waals surface area contributed by atoms with Crippen LogP contribution in [0.4, 0.5) is 0 Å². The number of aliphatic hydroxyl groups excluding tert-OH is 1. The molecule has 2 heterocycles. The number of carbonyl (C=O) groups excluding carboxylic acids is 13. The van der Waals surface area contributed by atoms with E-state index in [0.29, 0.717) is 11.1 Å². The number of carboxylic acids is 2. The standard InChI is InChI=1S/C58H81N15O21S/c1-27-46(80)72-41-26-93-43(78)23-38(52(86)67-36(57(91)92)16-17-42(76)77)69-54(88)40(25-74)71-53(87)39(70-55(41)89)24-44(79)94-29(3)45(73-47(81)28(2)63-48(82)33(59)21-30-9-6-5-7-10-30)56(90)66-35(18-20-95-4)50(84)65-34(11-8-19-62-58(60)61)49(83)68-37(51(85)64-27)22-31-12-14-32(75)15-13-31/h5-7,9-10,12-15,27-29,33-41,45,74-75H,8,11,16-26,59H2,1-4H3,(H,63,82)(H,64,85)(H,65,84)(H,66,90)(H,67,86)(H,68,83)(H,69,88)(H,70,89)(H,71,87)(H,72,80)(H,73,81)(H,76,77)(H,91,92)(H4,60,61,62)/t27-,28-,29?,33-,34?,35-,36?,37-,38-,39-,40-,41-,45?/m0/s1. The Kier molecular flexibility index (Phi) is 31.0. The number of thioether (sulfide) groups is 1. The fourth-order valence-corrected chi connectivity index (χ4v) is 9.63. The molecule has 95 heavy (non-hydrogen) atoms. The molecule has 2 saturated heterocycles. The molecule has 2 bridgehead atoms. The molecule has 0 saturated carbocycles. The van der Waals surface area contributed by atoms with E-state index in [0.717, 1.165) is 13.8 Å². The van der Waals surface area contributed by atoms with E-state index in [1.165, 1.54) is 43.0 Å². The maximum atomic E-state index is 14.8. The Labute approximate surface area is 547 Å². The first-order valence-electron chi connectivity index (χ1n) is 29.8. The summed E-state index contributed by atoms with van der Waals surface area (Å²) in [5, 5.41) is 64.8. The second-order valence-corrected chi connectivity index (χ2v) is 23.1. The number of aliphatic carboxylic acids is 2. The first-order chi connectivity index (χ1) is 44.9. The smallest absolute Gasteiger partial charge is 0.326 e. The van der Waals surface area contributed by atoms with Crippen molar-refractivity contribution in [1.82, 2.24) is 58.5 Å². The van der Waals surface area contributed by atoms with Crippen LogP contribution in [0.5, 0.6) is 5.75 Å². The van der Waals surface area contributed by atoms with E-state index < -0.39 is 206 Å². The predicted octanol–water partition coefficient (Wildman–Crippen LogP) is -7.09. The Morgan fingerprint density at radius 3 is 1.88 bits per heavy atom. The fourth-order valence-electron chi connectivity index (χ4n) is 9.16. The highest BCUT2D eigenvalue weighted by Crippen LogP contribution is 2.15. The number of carboxylic acid groups (broad SMARTS) is 2. The number of nitrogens with two attached hydrogens (primary N) is 3. The topological polar surface area (TPSA) is 578 Å². The van der Waals surface area contributed by atoms with Crippen molar-refractivity contribution in [3.8, 4) is 5.75 Å². The van der Waals surface area contributed by atoms with Crippen molar-refractivity contribution in [2.24, 2.45) is 22.2 Å². The van der Waals surface area contributed by atoms with E-state index in [4.69, 9.17) is 26.7 Å². The number of carbonyl (C=O) groups is 15. The number of aliphatic imine (C=N–C) groups is 1. The van der Waals surface area contributed by atoms with Crippen LogP contribution >= 0.6 is 11.8 Å². The van der Waals surface area contributed by atoms with Crippen LogP contribution in [0.15, 0.2) is 59.6 Å². The number of nitrogens with one attached hydrogen (secondary N) is 11. The molecule has 13 atom stereocenters. The first kappa shape index (κ1) is 77.3. The molecule has 2 aliphatic rings. The molecule has 2 aromatic carbocycles. The number of rotatable bonds is 22. The van der Waals surface area contributed by atoms with Crippen LogP contribution in [0.3, 0.4) is 0 Å². The Balaban J connectivity index is 1.90. The molecular formula is C58H81N15O21S. The maximum absolute atomic E-state index is 14.8. The van der Waals surface area contributed by atoms with Crippen molar-refractivity contribution in [2.45, 2.75) is 157 Å². The molecule has 0 spiro atoms. The first-order valence-corrected chi connectivity index (χ1v) is 31.2. The fraction of sp³-hybridized carbons (Fsp3) is 0.517. The number of phenolic OH excluding ortho intramolecular Hbond substituents is 1. The molecule has 36 nitrogen and oxygen atoms in total. The average molecular weight is 1360 g/mol. The molecule has 2 aromatic rings. The van der Waals surface area contributed by atoms with Gasteiger partial charge in [0.1, 0.15) is 84.9 Å². The molecule has 21 N–H and O–H groups in total. The maximum Gasteiger partial charge on any atom is 0.326 e. The van der Waals surface area contributed by atoms with E-state index >= 15 is 0 Å². The Hall–Kier alpha value is -10.2. The Morgan fingerprint density at radius 2 is 1.26 bits per heavy atom. The van der Waals surface area contributed by atoms with E-state index in [9.17, 15) is 92.3 Å². The van der Waals surface area contributed by atoms with Crippen LogP contribution < -0.4 is 75.7 Å². The van der Waals surface area contributed by atoms with Gasteiger partial charge < -0.3 is 106 Å². The van der Waals surface area contributed by atoms with Crippen LogP contribution in [0.25, 0.3) is 0 Å². The summed E-state index contributed by atoms with van der Waals surface area (Å²) < 4.78 is 10.9. The van der Waals surface area contributed by atoms with Gasteiger partial charge in [-0.1, -0.05) is 42.5 Å². The highest BCUT2D eigenvalue weighted by molar-refractivity contribution is 7.98. The zero-order chi connectivity index (χ0) is 70.6. The number of aromatic hydroxyl groups is 1. The summed E-state index contributed by atoms with van der Waals surface area (Å²) in [6.45, 7) is 0.802. The summed E-state index contributed by atoms with van der Waals surface area (Å²) in [4.78, 5) is 211. The lowest BCUT2D eigenvalue weighted by Gasteiger charge is -2.29. The van der Waals surface area contributed by atoms with Crippen molar-refractivity contribution < 1.29 is 102 Å². The lowest BCUT2D eigenvalue weighted by Crippen LogP contribution is -2.62. The van der Waals surface area contributed by atoms with Crippen LogP contribution in [-0.4, -0.2) is 226 Å². The Morgan fingerprint density at radius 1 is 0.674 bits per heavy atom. The molecule has 2 aliphatic heterocycles. The average Bonchev–Trinajstić information content (AvgIpc) is 1.36. The number of esters is 2. The minimum Gasteiger partial charge on any atom is -0.508 e. The highest BCUT2D eigenvalue weighted by Gasteiger charge is 2.40. The van der Waals surface area contributed by atoms with Gasteiger partial charge in [0.25, 0.3) is 0 Å². The molecule has 0 radical (unpaired) electrons. The third-order valence-electron chi connectivity index (χ3n) is 14.5. The number of aliphatic hydroxyl groups is 1. The van der Waals surface area contributed by atoms with Crippen molar-refractivity contribution in [2.75, 3.05) is 31.8 Å². The third-order valence-corrected chi connectivity index (χ3v) is 15.1. The zero-order valence-electron chi connectivity index (χ0n) is 52.2. The molecule has 4 unspecified atom stereocenters. The highest BCUT2D eigenvalue weighted by atomic mass is 32.2. The number of fused-ring (bicyclic) bond motifs is 3. The van der Waals surface area contributed by atoms with Gasteiger partial charge in [0, 0.05) is 19.4 Å². The quantitative estimate of drug-likeness (QED) is 0.0225. The molecule has 0 aromatic heterocycles. The zero-order valence-corrected chi connectivity index (χ0v) is 53.0. The minimum atomic E-state index is -2.25. The van der Waals surface area contributed by atoms with Crippen molar-refractivity contribution in [3.05, 3.63) is 65.7 Å². The summed E-state index contributed by atoms with van der Waals surface area (Å²) in [5.41, 5.74) is 18.3. The Bertz CT molecular complexity index is 3140. The number of benzene rings is 2. The molecule has 2 fully saturated rings. The third kappa shape index (κ3) is 26.0. The molecular weight excluding hydrogens is 1270 g/mol. The monoisotopic (exact) mass is 1360 g/mol. The van der Waals surface area contributed by atoms with E-state index in [-0.39, 0.29) is 56.1 Å². The molecule has 4 rings (SSSR count). The predicted molar refractivity (Wildman–Crippen MR) is 333 cm³/mol. The van der Waals surface area contributed by atoms with Gasteiger partial charge in [-0.05, 0) is 88.1 Å². The van der Waals surface area contributed by atoms with Crippen LogP contribution in [0.1, 0.15) is 76.8 Å². The summed E-state index contributed by atoms with van der Waals surface area (Å²) in [6.07, 6.45) is -4.86. The van der Waals surface area contributed by atoms with Crippen LogP contribution in [-0.2, 0) is 94.2 Å². The van der Waals surface area contributed by atoms with Gasteiger partial charge in [-0.25, -0.2) is 4.79 Å². The number of cyclic esters (lactones) is 2. The van der Waals surface area contributed by atoms with Gasteiger partial charge in [-0.3, -0.25) is 72.1 Å². The molecule has 11 amide bonds. The summed E-state index contributed by atoms with van der Waals surface area (Å²) in [6, 6.07) is -7.85. The van der Waals surface area contributed by atoms with Crippen molar-refractivity contribution in [1.29, 1.82) is 0 Å². The normalized spacial score (nSPS) is 24.1. The molecule has 37 heteroatoms. The van der Waals surface area contributed by atoms with Gasteiger partial charge in [-0.2, -0.15) is 11.8 Å². The van der Waals surface area contributed by atoms with Crippen LogP contribution in [0, 0.1) is 0 Å². The second-order valence-electron chi connectivity index (χ2n) is 22.1. The molecule has 0 aliphatic carbocycles. The number of nitrogens with zero attached hydrogens (tertiary/aromatic N) is 1. The number of hydrogen-bond donors (Lipinski definition) is 18. The number of ether oxygens (including phenoxy) is 2. The number of phenols is 1. The van der Waals surface area contributed by atoms with Crippen molar-refractivity contribution >= 4 is 107 Å². The number of hydrogen-bond acceptors (Lipinski definition) is 22. The largest absolute Gasteiger partial charge is 0.508 e. The number of guanidine groups is 1. The van der Waals surface area contributed by atoms with Gasteiger partial charge in [0.15, 0.2) is 5.96 Å². The van der Waals surface area contributed by atoms with Gasteiger partial charge >= 0.3 is 23.9 Å². The van der Waals surface area contributed by atoms with E-state index in [2.05, 4.69) is 58.2 Å². The summed E-state index contributed by atoms with van der Waals surface area (Å²) >= 11 is 1.23. The SMILES string of the molecule is CSCC[C@@H]1NC(=O)C(NC(=O)[C@H](C)NC(=O)[C@@H](N)Cc2ccccc2)C(C)OC(=O)C[C@@H]2NC(=O)[C@H](COC(=O)C[C@@H](C(=O)NC(CCC(=O)O)C(=O)O)NC(=O)[C@H](CO)NC2=O)NC(=O)[C@H](C)NC(=O)[C@H](Cc2ccc(O)cc2)NC(=O)C(CCCN=C(N)N)NC1=O. The van der Waals surface area contributed by atoms with Gasteiger partial charge in [0.2, 0.25) is 65.0 Å². The lowest BCUT2D eigenvalue weighted by molar-refractivity contribution is -0.154. The minimum absolute atomic E-state index is 0.00983. The lowest BCUT2D eigenvalue weighted by atomic mass is 10.0. The summed E-state index contributed by atoms with van der Waals surface area (Å²) in [7, 11) is 0. The molecule has 520 valence electrons. The van der Waals surface area contributed by atoms with E-state index in [1.807, 2.05) is 5.32 Å². The van der Waals surface area contributed by atoms with Gasteiger partial charge in [-0.15, -0.1) is 0 Å².